The maximum Gasteiger partial charge on any atom is 0.220 e. The molecule has 0 saturated carbocycles. The van der Waals surface area contributed by atoms with Gasteiger partial charge in [-0.15, -0.1) is 0 Å². The molecule has 1 aliphatic rings. The van der Waals surface area contributed by atoms with Gasteiger partial charge < -0.3 is 10.1 Å². The van der Waals surface area contributed by atoms with E-state index in [-0.39, 0.29) is 23.5 Å². The Hall–Kier alpha value is -2.14. The molecule has 3 rings (SSSR count). The topological polar surface area (TPSA) is 55.4 Å². The Labute approximate surface area is 162 Å². The monoisotopic (exact) mass is 415 g/mol. The van der Waals surface area contributed by atoms with Crippen LogP contribution in [0.15, 0.2) is 53.0 Å². The van der Waals surface area contributed by atoms with Crippen LogP contribution in [-0.4, -0.2) is 25.3 Å². The molecule has 2 aromatic carbocycles. The van der Waals surface area contributed by atoms with Crippen molar-refractivity contribution in [3.8, 4) is 5.75 Å². The molecule has 0 bridgehead atoms. The molecule has 1 unspecified atom stereocenters. The highest BCUT2D eigenvalue weighted by molar-refractivity contribution is 9.10. The Balaban J connectivity index is 1.69. The number of carbonyl (C=O) groups is 2. The van der Waals surface area contributed by atoms with Crippen LogP contribution in [0.4, 0.5) is 0 Å². The lowest BCUT2D eigenvalue weighted by atomic mass is 9.78. The van der Waals surface area contributed by atoms with Gasteiger partial charge in [0.1, 0.15) is 11.5 Å². The summed E-state index contributed by atoms with van der Waals surface area (Å²) in [6, 6.07) is 15.6. The van der Waals surface area contributed by atoms with Crippen molar-refractivity contribution in [3.63, 3.8) is 0 Å². The third-order valence-electron chi connectivity index (χ3n) is 4.88. The Morgan fingerprint density at radius 3 is 2.50 bits per heavy atom. The number of carbonyl (C=O) groups excluding carboxylic acids is 2. The summed E-state index contributed by atoms with van der Waals surface area (Å²) >= 11 is 3.41. The average molecular weight is 416 g/mol. The molecule has 1 aliphatic heterocycles. The Morgan fingerprint density at radius 1 is 1.15 bits per heavy atom. The molecular weight excluding hydrogens is 394 g/mol. The summed E-state index contributed by atoms with van der Waals surface area (Å²) in [6.45, 7) is 0.543. The van der Waals surface area contributed by atoms with Gasteiger partial charge in [-0.05, 0) is 47.2 Å². The summed E-state index contributed by atoms with van der Waals surface area (Å²) < 4.78 is 6.21. The van der Waals surface area contributed by atoms with Gasteiger partial charge >= 0.3 is 0 Å². The number of rotatable bonds is 6. The van der Waals surface area contributed by atoms with Crippen LogP contribution in [0, 0.1) is 5.92 Å². The third-order valence-corrected chi connectivity index (χ3v) is 5.41. The van der Waals surface area contributed by atoms with Gasteiger partial charge in [-0.25, -0.2) is 0 Å². The number of amides is 1. The first-order chi connectivity index (χ1) is 12.5. The first-order valence-electron chi connectivity index (χ1n) is 8.72. The molecule has 1 amide bonds. The predicted molar refractivity (Wildman–Crippen MR) is 104 cm³/mol. The maximum atomic E-state index is 12.6. The lowest BCUT2D eigenvalue weighted by Crippen LogP contribution is -2.40. The second-order valence-electron chi connectivity index (χ2n) is 6.69. The number of halogens is 1. The fourth-order valence-corrected chi connectivity index (χ4v) is 3.74. The highest BCUT2D eigenvalue weighted by Crippen LogP contribution is 2.34. The van der Waals surface area contributed by atoms with Crippen LogP contribution in [0.1, 0.15) is 29.9 Å². The van der Waals surface area contributed by atoms with Crippen molar-refractivity contribution in [1.82, 2.24) is 5.32 Å². The van der Waals surface area contributed by atoms with Gasteiger partial charge in [0, 0.05) is 30.3 Å². The summed E-state index contributed by atoms with van der Waals surface area (Å²) in [5, 5.41) is 2.91. The van der Waals surface area contributed by atoms with E-state index in [9.17, 15) is 9.59 Å². The van der Waals surface area contributed by atoms with Gasteiger partial charge in [0.15, 0.2) is 0 Å². The molecule has 1 fully saturated rings. The summed E-state index contributed by atoms with van der Waals surface area (Å²) in [7, 11) is 1.63. The van der Waals surface area contributed by atoms with Gasteiger partial charge in [0.05, 0.1) is 7.11 Å². The normalized spacial score (nSPS) is 19.7. The second-order valence-corrected chi connectivity index (χ2v) is 7.61. The number of benzene rings is 2. The molecule has 0 spiro atoms. The van der Waals surface area contributed by atoms with E-state index in [1.54, 1.807) is 7.11 Å². The van der Waals surface area contributed by atoms with Gasteiger partial charge in [-0.1, -0.05) is 40.2 Å². The number of hydrogen-bond donors (Lipinski definition) is 1. The second kappa shape index (κ2) is 8.49. The van der Waals surface area contributed by atoms with Crippen LogP contribution in [-0.2, 0) is 16.0 Å². The standard InChI is InChI=1S/C21H22BrNO3/c1-26-19-8-4-15(5-9-19)20-12-21(25)23-13-16(20)11-18(24)10-14-2-6-17(22)7-3-14/h2-9,16,20H,10-13H2,1H3,(H,23,25)/t16-,20?/m1/s1. The lowest BCUT2D eigenvalue weighted by molar-refractivity contribution is -0.125. The molecule has 0 aromatic heterocycles. The number of Topliss-reactive ketones (excluding diaryl/α,β-unsaturated/α-hetero) is 1. The van der Waals surface area contributed by atoms with Crippen LogP contribution in [0.5, 0.6) is 5.75 Å². The first-order valence-corrected chi connectivity index (χ1v) is 9.51. The zero-order valence-electron chi connectivity index (χ0n) is 14.7. The minimum absolute atomic E-state index is 0.0439. The van der Waals surface area contributed by atoms with E-state index in [1.165, 1.54) is 0 Å². The van der Waals surface area contributed by atoms with Crippen LogP contribution < -0.4 is 10.1 Å². The van der Waals surface area contributed by atoms with Gasteiger partial charge in [0.2, 0.25) is 5.91 Å². The fourth-order valence-electron chi connectivity index (χ4n) is 3.48. The van der Waals surface area contributed by atoms with Gasteiger partial charge in [-0.2, -0.15) is 0 Å². The quantitative estimate of drug-likeness (QED) is 0.778. The molecule has 26 heavy (non-hydrogen) atoms. The highest BCUT2D eigenvalue weighted by Gasteiger charge is 2.31. The van der Waals surface area contributed by atoms with Crippen LogP contribution in [0.2, 0.25) is 0 Å². The van der Waals surface area contributed by atoms with Crippen molar-refractivity contribution in [2.45, 2.75) is 25.2 Å². The minimum Gasteiger partial charge on any atom is -0.497 e. The smallest absolute Gasteiger partial charge is 0.220 e. The van der Waals surface area contributed by atoms with E-state index >= 15 is 0 Å². The molecule has 2 aromatic rings. The SMILES string of the molecule is COc1ccc(C2CC(=O)NC[C@H]2CC(=O)Cc2ccc(Br)cc2)cc1. The van der Waals surface area contributed by atoms with Crippen molar-refractivity contribution < 1.29 is 14.3 Å². The summed E-state index contributed by atoms with van der Waals surface area (Å²) in [4.78, 5) is 24.5. The Morgan fingerprint density at radius 2 is 1.85 bits per heavy atom. The number of methoxy groups -OCH3 is 1. The van der Waals surface area contributed by atoms with Crippen LogP contribution in [0.25, 0.3) is 0 Å². The van der Waals surface area contributed by atoms with Gasteiger partial charge in [-0.3, -0.25) is 9.59 Å². The van der Waals surface area contributed by atoms with E-state index in [0.717, 1.165) is 21.3 Å². The molecule has 136 valence electrons. The Bertz CT molecular complexity index is 771. The summed E-state index contributed by atoms with van der Waals surface area (Å²) in [5.41, 5.74) is 2.10. The molecule has 4 nitrogen and oxygen atoms in total. The van der Waals surface area contributed by atoms with Crippen molar-refractivity contribution in [2.75, 3.05) is 13.7 Å². The minimum atomic E-state index is 0.0439. The van der Waals surface area contributed by atoms with E-state index in [2.05, 4.69) is 21.2 Å². The lowest BCUT2D eigenvalue weighted by Gasteiger charge is -2.31. The number of ketones is 1. The average Bonchev–Trinajstić information content (AvgIpc) is 2.65. The van der Waals surface area contributed by atoms with E-state index < -0.39 is 0 Å². The predicted octanol–water partition coefficient (Wildman–Crippen LogP) is 3.88. The van der Waals surface area contributed by atoms with Crippen LogP contribution >= 0.6 is 15.9 Å². The van der Waals surface area contributed by atoms with Crippen molar-refractivity contribution in [3.05, 3.63) is 64.1 Å². The molecule has 1 saturated heterocycles. The van der Waals surface area contributed by atoms with E-state index in [1.807, 2.05) is 48.5 Å². The molecule has 0 aliphatic carbocycles. The molecule has 2 atom stereocenters. The zero-order chi connectivity index (χ0) is 18.5. The van der Waals surface area contributed by atoms with Crippen molar-refractivity contribution >= 4 is 27.6 Å². The van der Waals surface area contributed by atoms with E-state index in [4.69, 9.17) is 4.74 Å². The Kier molecular flexibility index (Phi) is 6.09. The molecule has 1 N–H and O–H groups in total. The van der Waals surface area contributed by atoms with Crippen LogP contribution in [0.3, 0.4) is 0 Å². The molecule has 5 heteroatoms. The summed E-state index contributed by atoms with van der Waals surface area (Å²) in [6.07, 6.45) is 1.31. The molecule has 0 radical (unpaired) electrons. The molecular formula is C21H22BrNO3. The number of nitrogens with one attached hydrogen (secondary N) is 1. The van der Waals surface area contributed by atoms with E-state index in [0.29, 0.717) is 25.8 Å². The van der Waals surface area contributed by atoms with Crippen molar-refractivity contribution in [2.24, 2.45) is 5.92 Å². The zero-order valence-corrected chi connectivity index (χ0v) is 16.3. The number of ether oxygens (including phenoxy) is 1. The fraction of sp³-hybridized carbons (Fsp3) is 0.333. The number of piperidine rings is 1. The molecule has 1 heterocycles. The van der Waals surface area contributed by atoms with Crippen molar-refractivity contribution in [1.29, 1.82) is 0 Å². The maximum absolute atomic E-state index is 12.6. The summed E-state index contributed by atoms with van der Waals surface area (Å²) in [5.74, 6) is 1.21. The third kappa shape index (κ3) is 4.73. The highest BCUT2D eigenvalue weighted by atomic mass is 79.9. The van der Waals surface area contributed by atoms with Gasteiger partial charge in [0.25, 0.3) is 0 Å². The largest absolute Gasteiger partial charge is 0.497 e. The first kappa shape index (κ1) is 18.6. The number of hydrogen-bond acceptors (Lipinski definition) is 3.